The van der Waals surface area contributed by atoms with Crippen LogP contribution < -0.4 is 10.2 Å². The zero-order valence-corrected chi connectivity index (χ0v) is 14.4. The van der Waals surface area contributed by atoms with Crippen LogP contribution in [0.1, 0.15) is 25.3 Å². The highest BCUT2D eigenvalue weighted by Gasteiger charge is 2.22. The van der Waals surface area contributed by atoms with E-state index in [1.165, 1.54) is 11.3 Å². The fourth-order valence-electron chi connectivity index (χ4n) is 3.12. The van der Waals surface area contributed by atoms with Gasteiger partial charge in [0.1, 0.15) is 0 Å². The lowest BCUT2D eigenvalue weighted by Gasteiger charge is -2.36. The molecule has 3 rings (SSSR count). The minimum atomic E-state index is -0.00388. The Morgan fingerprint density at radius 1 is 0.917 bits per heavy atom. The molecule has 1 fully saturated rings. The maximum absolute atomic E-state index is 12.6. The Kier molecular flexibility index (Phi) is 5.04. The largest absolute Gasteiger partial charge is 0.368 e. The molecule has 2 aromatic carbocycles. The van der Waals surface area contributed by atoms with E-state index in [-0.39, 0.29) is 6.03 Å². The first-order chi connectivity index (χ1) is 11.6. The van der Waals surface area contributed by atoms with E-state index >= 15 is 0 Å². The van der Waals surface area contributed by atoms with Crippen molar-refractivity contribution in [1.29, 1.82) is 0 Å². The lowest BCUT2D eigenvalue weighted by molar-refractivity contribution is 0.208. The van der Waals surface area contributed by atoms with E-state index in [9.17, 15) is 4.79 Å². The molecular weight excluding hydrogens is 298 g/mol. The van der Waals surface area contributed by atoms with Crippen molar-refractivity contribution < 1.29 is 4.79 Å². The highest BCUT2D eigenvalue weighted by atomic mass is 16.2. The van der Waals surface area contributed by atoms with Crippen LogP contribution in [0.15, 0.2) is 54.6 Å². The molecule has 24 heavy (non-hydrogen) atoms. The molecule has 0 spiro atoms. The van der Waals surface area contributed by atoms with Crippen LogP contribution in [0.5, 0.6) is 0 Å². The summed E-state index contributed by atoms with van der Waals surface area (Å²) in [7, 11) is 0. The fraction of sp³-hybridized carbons (Fsp3) is 0.350. The maximum atomic E-state index is 12.6. The zero-order chi connectivity index (χ0) is 16.9. The van der Waals surface area contributed by atoms with Crippen LogP contribution in [0.3, 0.4) is 0 Å². The first-order valence-electron chi connectivity index (χ1n) is 8.60. The highest BCUT2D eigenvalue weighted by Crippen LogP contribution is 2.24. The van der Waals surface area contributed by atoms with E-state index < -0.39 is 0 Å². The molecule has 2 aromatic rings. The number of urea groups is 1. The molecule has 126 valence electrons. The fourth-order valence-corrected chi connectivity index (χ4v) is 3.12. The molecule has 1 N–H and O–H groups in total. The van der Waals surface area contributed by atoms with Crippen LogP contribution in [0, 0.1) is 0 Å². The number of nitrogens with zero attached hydrogens (tertiary/aromatic N) is 2. The van der Waals surface area contributed by atoms with Crippen LogP contribution in [0.2, 0.25) is 0 Å². The summed E-state index contributed by atoms with van der Waals surface area (Å²) in [5.74, 6) is 0.386. The van der Waals surface area contributed by atoms with Crippen LogP contribution >= 0.6 is 0 Å². The average molecular weight is 323 g/mol. The van der Waals surface area contributed by atoms with E-state index in [1.807, 2.05) is 29.2 Å². The summed E-state index contributed by atoms with van der Waals surface area (Å²) in [5, 5.41) is 3.08. The second kappa shape index (κ2) is 7.39. The molecule has 0 saturated carbocycles. The molecule has 0 aliphatic carbocycles. The standard InChI is InChI=1S/C20H25N3O/c1-16(2)18-10-6-7-11-19(18)21-20(24)23-14-12-22(13-15-23)17-8-4-3-5-9-17/h3-11,16H,12-15H2,1-2H3,(H,21,24). The Bertz CT molecular complexity index is 676. The number of benzene rings is 2. The summed E-state index contributed by atoms with van der Waals surface area (Å²) < 4.78 is 0. The molecule has 1 heterocycles. The van der Waals surface area contributed by atoms with E-state index in [4.69, 9.17) is 0 Å². The van der Waals surface area contributed by atoms with Crippen molar-refractivity contribution in [1.82, 2.24) is 4.90 Å². The van der Waals surface area contributed by atoms with Crippen LogP contribution in [0.4, 0.5) is 16.2 Å². The summed E-state index contributed by atoms with van der Waals surface area (Å²) >= 11 is 0. The topological polar surface area (TPSA) is 35.6 Å². The Balaban J connectivity index is 1.60. The molecule has 4 nitrogen and oxygen atoms in total. The number of amides is 2. The Hall–Kier alpha value is -2.49. The van der Waals surface area contributed by atoms with Crippen molar-refractivity contribution >= 4 is 17.4 Å². The molecule has 0 bridgehead atoms. The molecule has 4 heteroatoms. The minimum absolute atomic E-state index is 0.00388. The third-order valence-corrected chi connectivity index (χ3v) is 4.51. The maximum Gasteiger partial charge on any atom is 0.321 e. The predicted molar refractivity (Wildman–Crippen MR) is 99.8 cm³/mol. The molecule has 0 radical (unpaired) electrons. The molecule has 1 aliphatic heterocycles. The van der Waals surface area contributed by atoms with Gasteiger partial charge in [-0.25, -0.2) is 4.79 Å². The third-order valence-electron chi connectivity index (χ3n) is 4.51. The number of piperazine rings is 1. The number of carbonyl (C=O) groups is 1. The summed E-state index contributed by atoms with van der Waals surface area (Å²) in [4.78, 5) is 16.8. The number of anilines is 2. The molecule has 2 amide bonds. The first-order valence-corrected chi connectivity index (χ1v) is 8.60. The average Bonchev–Trinajstić information content (AvgIpc) is 2.63. The number of rotatable bonds is 3. The Morgan fingerprint density at radius 3 is 2.21 bits per heavy atom. The van der Waals surface area contributed by atoms with Gasteiger partial charge in [0, 0.05) is 37.6 Å². The lowest BCUT2D eigenvalue weighted by Crippen LogP contribution is -2.50. The van der Waals surface area contributed by atoms with Gasteiger partial charge in [-0.2, -0.15) is 0 Å². The normalized spacial score (nSPS) is 14.8. The van der Waals surface area contributed by atoms with Gasteiger partial charge in [0.05, 0.1) is 0 Å². The van der Waals surface area contributed by atoms with Gasteiger partial charge in [-0.05, 0) is 29.7 Å². The Morgan fingerprint density at radius 2 is 1.54 bits per heavy atom. The second-order valence-electron chi connectivity index (χ2n) is 6.48. The first kappa shape index (κ1) is 16.4. The summed E-state index contributed by atoms with van der Waals surface area (Å²) in [6, 6.07) is 18.4. The Labute approximate surface area is 144 Å². The predicted octanol–water partition coefficient (Wildman–Crippen LogP) is 4.16. The second-order valence-corrected chi connectivity index (χ2v) is 6.48. The highest BCUT2D eigenvalue weighted by molar-refractivity contribution is 5.90. The summed E-state index contributed by atoms with van der Waals surface area (Å²) in [6.07, 6.45) is 0. The molecule has 0 unspecified atom stereocenters. The third kappa shape index (κ3) is 3.70. The number of carbonyl (C=O) groups excluding carboxylic acids is 1. The van der Waals surface area contributed by atoms with E-state index in [0.29, 0.717) is 5.92 Å². The number of hydrogen-bond acceptors (Lipinski definition) is 2. The van der Waals surface area contributed by atoms with Crippen molar-refractivity contribution in [2.45, 2.75) is 19.8 Å². The van der Waals surface area contributed by atoms with Gasteiger partial charge in [-0.1, -0.05) is 50.2 Å². The van der Waals surface area contributed by atoms with Crippen molar-refractivity contribution in [3.8, 4) is 0 Å². The van der Waals surface area contributed by atoms with E-state index in [2.05, 4.69) is 54.4 Å². The van der Waals surface area contributed by atoms with Crippen LogP contribution in [-0.2, 0) is 0 Å². The van der Waals surface area contributed by atoms with E-state index in [0.717, 1.165) is 31.9 Å². The number of nitrogens with one attached hydrogen (secondary N) is 1. The molecular formula is C20H25N3O. The molecule has 1 saturated heterocycles. The van der Waals surface area contributed by atoms with Crippen molar-refractivity contribution in [3.63, 3.8) is 0 Å². The van der Waals surface area contributed by atoms with Gasteiger partial charge < -0.3 is 15.1 Å². The van der Waals surface area contributed by atoms with Gasteiger partial charge in [-0.3, -0.25) is 0 Å². The monoisotopic (exact) mass is 323 g/mol. The minimum Gasteiger partial charge on any atom is -0.368 e. The summed E-state index contributed by atoms with van der Waals surface area (Å²) in [5.41, 5.74) is 3.32. The number of hydrogen-bond donors (Lipinski definition) is 1. The molecule has 0 aromatic heterocycles. The van der Waals surface area contributed by atoms with E-state index in [1.54, 1.807) is 0 Å². The van der Waals surface area contributed by atoms with Crippen LogP contribution in [0.25, 0.3) is 0 Å². The summed E-state index contributed by atoms with van der Waals surface area (Å²) in [6.45, 7) is 7.49. The SMILES string of the molecule is CC(C)c1ccccc1NC(=O)N1CCN(c2ccccc2)CC1. The van der Waals surface area contributed by atoms with Crippen molar-refractivity contribution in [3.05, 3.63) is 60.2 Å². The van der Waals surface area contributed by atoms with Crippen LogP contribution in [-0.4, -0.2) is 37.1 Å². The van der Waals surface area contributed by atoms with Gasteiger partial charge in [0.2, 0.25) is 0 Å². The van der Waals surface area contributed by atoms with Gasteiger partial charge in [0.15, 0.2) is 0 Å². The lowest BCUT2D eigenvalue weighted by atomic mass is 10.0. The van der Waals surface area contributed by atoms with Gasteiger partial charge in [-0.15, -0.1) is 0 Å². The van der Waals surface area contributed by atoms with Gasteiger partial charge in [0.25, 0.3) is 0 Å². The molecule has 0 atom stereocenters. The van der Waals surface area contributed by atoms with Gasteiger partial charge >= 0.3 is 6.03 Å². The molecule has 1 aliphatic rings. The smallest absolute Gasteiger partial charge is 0.321 e. The number of para-hydroxylation sites is 2. The van der Waals surface area contributed by atoms with Crippen molar-refractivity contribution in [2.75, 3.05) is 36.4 Å². The zero-order valence-electron chi connectivity index (χ0n) is 14.4. The quantitative estimate of drug-likeness (QED) is 0.920. The van der Waals surface area contributed by atoms with Crippen molar-refractivity contribution in [2.24, 2.45) is 0 Å².